The van der Waals surface area contributed by atoms with Crippen molar-refractivity contribution in [2.45, 2.75) is 38.6 Å². The summed E-state index contributed by atoms with van der Waals surface area (Å²) in [4.78, 5) is 33.9. The SMILES string of the molecule is CCOCC(=O)N[C@H](C(=O)O)[C@@H]1CCCC(=O)C1. The van der Waals surface area contributed by atoms with E-state index in [2.05, 4.69) is 5.32 Å². The fraction of sp³-hybridized carbons (Fsp3) is 0.750. The molecule has 0 aromatic heterocycles. The molecule has 0 aliphatic heterocycles. The number of carboxylic acids is 1. The van der Waals surface area contributed by atoms with E-state index in [0.29, 0.717) is 25.9 Å². The maximum absolute atomic E-state index is 11.5. The van der Waals surface area contributed by atoms with Crippen molar-refractivity contribution in [1.29, 1.82) is 0 Å². The molecular weight excluding hydrogens is 238 g/mol. The second kappa shape index (κ2) is 7.10. The number of carbonyl (C=O) groups is 3. The van der Waals surface area contributed by atoms with Gasteiger partial charge < -0.3 is 15.2 Å². The van der Waals surface area contributed by atoms with Crippen molar-refractivity contribution in [3.05, 3.63) is 0 Å². The van der Waals surface area contributed by atoms with Gasteiger partial charge >= 0.3 is 5.97 Å². The number of nitrogens with one attached hydrogen (secondary N) is 1. The number of Topliss-reactive ketones (excluding diaryl/α,β-unsaturated/α-hetero) is 1. The molecule has 2 atom stereocenters. The lowest BCUT2D eigenvalue weighted by Crippen LogP contribution is -2.48. The number of amides is 1. The van der Waals surface area contributed by atoms with Crippen LogP contribution in [-0.2, 0) is 19.1 Å². The first kappa shape index (κ1) is 14.6. The standard InChI is InChI=1S/C12H19NO5/c1-2-18-7-10(15)13-11(12(16)17)8-4-3-5-9(14)6-8/h8,11H,2-7H2,1H3,(H,13,15)(H,16,17)/t8-,11+/m1/s1. The van der Waals surface area contributed by atoms with Crippen LogP contribution < -0.4 is 5.32 Å². The highest BCUT2D eigenvalue weighted by molar-refractivity contribution is 5.86. The second-order valence-electron chi connectivity index (χ2n) is 4.42. The molecule has 0 unspecified atom stereocenters. The minimum Gasteiger partial charge on any atom is -0.480 e. The molecule has 6 heteroatoms. The Labute approximate surface area is 106 Å². The molecule has 102 valence electrons. The van der Waals surface area contributed by atoms with Gasteiger partial charge in [-0.2, -0.15) is 0 Å². The van der Waals surface area contributed by atoms with Crippen molar-refractivity contribution in [2.24, 2.45) is 5.92 Å². The number of carbonyl (C=O) groups excluding carboxylic acids is 2. The highest BCUT2D eigenvalue weighted by Gasteiger charge is 2.33. The molecule has 2 N–H and O–H groups in total. The number of hydrogen-bond acceptors (Lipinski definition) is 4. The summed E-state index contributed by atoms with van der Waals surface area (Å²) in [6.07, 6.45) is 2.08. The van der Waals surface area contributed by atoms with Gasteiger partial charge in [0.2, 0.25) is 5.91 Å². The van der Waals surface area contributed by atoms with E-state index in [-0.39, 0.29) is 24.7 Å². The van der Waals surface area contributed by atoms with Crippen molar-refractivity contribution < 1.29 is 24.2 Å². The minimum absolute atomic E-state index is 0.0663. The molecule has 18 heavy (non-hydrogen) atoms. The highest BCUT2D eigenvalue weighted by atomic mass is 16.5. The lowest BCUT2D eigenvalue weighted by atomic mass is 9.83. The first-order chi connectivity index (χ1) is 8.54. The zero-order valence-electron chi connectivity index (χ0n) is 10.5. The van der Waals surface area contributed by atoms with Gasteiger partial charge in [-0.1, -0.05) is 0 Å². The number of ether oxygens (including phenoxy) is 1. The van der Waals surface area contributed by atoms with Gasteiger partial charge in [-0.3, -0.25) is 9.59 Å². The smallest absolute Gasteiger partial charge is 0.326 e. The van der Waals surface area contributed by atoms with Gasteiger partial charge in [-0.25, -0.2) is 4.79 Å². The van der Waals surface area contributed by atoms with Gasteiger partial charge in [-0.05, 0) is 25.7 Å². The molecule has 0 heterocycles. The molecule has 1 fully saturated rings. The highest BCUT2D eigenvalue weighted by Crippen LogP contribution is 2.24. The average Bonchev–Trinajstić information content (AvgIpc) is 2.33. The van der Waals surface area contributed by atoms with Gasteiger partial charge in [0, 0.05) is 19.4 Å². The predicted octanol–water partition coefficient (Wildman–Crippen LogP) is 0.352. The number of hydrogen-bond donors (Lipinski definition) is 2. The quantitative estimate of drug-likeness (QED) is 0.716. The van der Waals surface area contributed by atoms with Crippen LogP contribution in [-0.4, -0.2) is 42.0 Å². The molecule has 1 aliphatic rings. The molecule has 0 bridgehead atoms. The van der Waals surface area contributed by atoms with Crippen LogP contribution in [0, 0.1) is 5.92 Å². The average molecular weight is 257 g/mol. The summed E-state index contributed by atoms with van der Waals surface area (Å²) in [6, 6.07) is -0.998. The zero-order valence-corrected chi connectivity index (χ0v) is 10.5. The lowest BCUT2D eigenvalue weighted by Gasteiger charge is -2.27. The monoisotopic (exact) mass is 257 g/mol. The first-order valence-electron chi connectivity index (χ1n) is 6.16. The summed E-state index contributed by atoms with van der Waals surface area (Å²) in [5.74, 6) is -1.80. The molecule has 1 aliphatic carbocycles. The number of ketones is 1. The van der Waals surface area contributed by atoms with Gasteiger partial charge in [0.05, 0.1) is 0 Å². The van der Waals surface area contributed by atoms with E-state index in [0.717, 1.165) is 0 Å². The molecule has 0 radical (unpaired) electrons. The van der Waals surface area contributed by atoms with Crippen LogP contribution in [0.25, 0.3) is 0 Å². The Balaban J connectivity index is 2.56. The molecule has 0 saturated heterocycles. The van der Waals surface area contributed by atoms with Crippen molar-refractivity contribution in [2.75, 3.05) is 13.2 Å². The van der Waals surface area contributed by atoms with Crippen molar-refractivity contribution in [1.82, 2.24) is 5.32 Å². The summed E-state index contributed by atoms with van der Waals surface area (Å²) in [7, 11) is 0. The number of rotatable bonds is 6. The van der Waals surface area contributed by atoms with Crippen molar-refractivity contribution in [3.8, 4) is 0 Å². The van der Waals surface area contributed by atoms with E-state index in [9.17, 15) is 14.4 Å². The van der Waals surface area contributed by atoms with E-state index in [1.807, 2.05) is 0 Å². The Morgan fingerprint density at radius 2 is 2.28 bits per heavy atom. The van der Waals surface area contributed by atoms with Gasteiger partial charge in [0.15, 0.2) is 0 Å². The molecule has 0 aromatic rings. The third kappa shape index (κ3) is 4.44. The summed E-state index contributed by atoms with van der Waals surface area (Å²) in [5.41, 5.74) is 0. The van der Waals surface area contributed by atoms with E-state index >= 15 is 0 Å². The Hall–Kier alpha value is -1.43. The van der Waals surface area contributed by atoms with Crippen LogP contribution in [0.3, 0.4) is 0 Å². The Morgan fingerprint density at radius 1 is 1.56 bits per heavy atom. The summed E-state index contributed by atoms with van der Waals surface area (Å²) >= 11 is 0. The normalized spacial score (nSPS) is 21.4. The number of carboxylic acid groups (broad SMARTS) is 1. The van der Waals surface area contributed by atoms with E-state index < -0.39 is 17.9 Å². The van der Waals surface area contributed by atoms with Crippen LogP contribution >= 0.6 is 0 Å². The maximum atomic E-state index is 11.5. The Kier molecular flexibility index (Phi) is 5.77. The van der Waals surface area contributed by atoms with Crippen LogP contribution in [0.1, 0.15) is 32.6 Å². The Morgan fingerprint density at radius 3 is 2.83 bits per heavy atom. The summed E-state index contributed by atoms with van der Waals surface area (Å²) < 4.78 is 4.91. The van der Waals surface area contributed by atoms with Crippen molar-refractivity contribution in [3.63, 3.8) is 0 Å². The molecule has 1 saturated carbocycles. The summed E-state index contributed by atoms with van der Waals surface area (Å²) in [5, 5.41) is 11.5. The largest absolute Gasteiger partial charge is 0.480 e. The van der Waals surface area contributed by atoms with Crippen LogP contribution in [0.2, 0.25) is 0 Å². The number of aliphatic carboxylic acids is 1. The zero-order chi connectivity index (χ0) is 13.5. The fourth-order valence-corrected chi connectivity index (χ4v) is 2.13. The van der Waals surface area contributed by atoms with E-state index in [1.165, 1.54) is 0 Å². The van der Waals surface area contributed by atoms with Crippen molar-refractivity contribution >= 4 is 17.7 Å². The van der Waals surface area contributed by atoms with Gasteiger partial charge in [0.25, 0.3) is 0 Å². The minimum atomic E-state index is -1.10. The van der Waals surface area contributed by atoms with Crippen LogP contribution in [0.4, 0.5) is 0 Å². The predicted molar refractivity (Wildman–Crippen MR) is 63.0 cm³/mol. The third-order valence-corrected chi connectivity index (χ3v) is 3.01. The Bertz CT molecular complexity index is 328. The van der Waals surface area contributed by atoms with Gasteiger partial charge in [0.1, 0.15) is 18.4 Å². The molecular formula is C12H19NO5. The first-order valence-corrected chi connectivity index (χ1v) is 6.16. The molecule has 1 rings (SSSR count). The van der Waals surface area contributed by atoms with E-state index in [1.54, 1.807) is 6.92 Å². The molecule has 0 spiro atoms. The van der Waals surface area contributed by atoms with E-state index in [4.69, 9.17) is 9.84 Å². The second-order valence-corrected chi connectivity index (χ2v) is 4.42. The lowest BCUT2D eigenvalue weighted by molar-refractivity contribution is -0.145. The van der Waals surface area contributed by atoms with Gasteiger partial charge in [-0.15, -0.1) is 0 Å². The van der Waals surface area contributed by atoms with Crippen LogP contribution in [0.15, 0.2) is 0 Å². The molecule has 0 aromatic carbocycles. The fourth-order valence-electron chi connectivity index (χ4n) is 2.13. The maximum Gasteiger partial charge on any atom is 0.326 e. The topological polar surface area (TPSA) is 92.7 Å². The molecule has 1 amide bonds. The molecule has 6 nitrogen and oxygen atoms in total. The third-order valence-electron chi connectivity index (χ3n) is 3.01. The summed E-state index contributed by atoms with van der Waals surface area (Å²) in [6.45, 7) is 2.00. The van der Waals surface area contributed by atoms with Crippen LogP contribution in [0.5, 0.6) is 0 Å².